The van der Waals surface area contributed by atoms with Crippen molar-refractivity contribution < 1.29 is 0 Å². The van der Waals surface area contributed by atoms with Crippen molar-refractivity contribution in [2.24, 2.45) is 0 Å². The molecule has 1 aromatic heterocycles. The normalized spacial score (nSPS) is 16.0. The molecule has 1 aromatic carbocycles. The van der Waals surface area contributed by atoms with Crippen LogP contribution in [0.2, 0.25) is 0 Å². The number of aromatic nitrogens is 2. The van der Waals surface area contributed by atoms with Gasteiger partial charge in [0.25, 0.3) is 0 Å². The summed E-state index contributed by atoms with van der Waals surface area (Å²) in [6.45, 7) is 8.69. The number of aryl methyl sites for hydroxylation is 1. The zero-order valence-electron chi connectivity index (χ0n) is 19.2. The Morgan fingerprint density at radius 2 is 1.94 bits per heavy atom. The molecule has 166 valence electrons. The van der Waals surface area contributed by atoms with E-state index in [0.717, 1.165) is 49.6 Å². The molecule has 1 aliphatic heterocycles. The molecule has 1 atom stereocenters. The van der Waals surface area contributed by atoms with Crippen LogP contribution in [0.4, 0.5) is 17.5 Å². The predicted octanol–water partition coefficient (Wildman–Crippen LogP) is 5.18. The molecule has 6 nitrogen and oxygen atoms in total. The zero-order valence-corrected chi connectivity index (χ0v) is 19.2. The second kappa shape index (κ2) is 11.7. The largest absolute Gasteiger partial charge is 0.355 e. The van der Waals surface area contributed by atoms with E-state index in [4.69, 9.17) is 15.2 Å². The van der Waals surface area contributed by atoms with Crippen LogP contribution in [0, 0.1) is 11.3 Å². The summed E-state index contributed by atoms with van der Waals surface area (Å²) in [5.74, 6) is 1.59. The summed E-state index contributed by atoms with van der Waals surface area (Å²) < 4.78 is 0. The number of nitrogens with zero attached hydrogens (tertiary/aromatic N) is 4. The van der Waals surface area contributed by atoms with Crippen LogP contribution < -0.4 is 15.5 Å². The Bertz CT molecular complexity index is 869. The standard InChI is InChI=1S/C25H36N6/c1-4-8-20(9-5-2)27-23-13-14-31(18-23)24-16-21(10-6-3)28-25(30-24)29-22-12-7-11-19(15-22)17-26/h7,11-12,15-16,20,23,27H,4-6,8-10,13-14,18H2,1-3H3,(H,28,29,30). The number of anilines is 3. The molecule has 6 heteroatoms. The van der Waals surface area contributed by atoms with Gasteiger partial charge in [0.2, 0.25) is 5.95 Å². The van der Waals surface area contributed by atoms with Gasteiger partial charge >= 0.3 is 0 Å². The van der Waals surface area contributed by atoms with Crippen molar-refractivity contribution in [3.8, 4) is 6.07 Å². The van der Waals surface area contributed by atoms with Gasteiger partial charge in [-0.05, 0) is 43.9 Å². The minimum atomic E-state index is 0.511. The molecule has 1 saturated heterocycles. The Labute approximate surface area is 187 Å². The van der Waals surface area contributed by atoms with E-state index in [1.165, 1.54) is 25.7 Å². The van der Waals surface area contributed by atoms with Crippen LogP contribution >= 0.6 is 0 Å². The lowest BCUT2D eigenvalue weighted by atomic mass is 10.1. The lowest BCUT2D eigenvalue weighted by Gasteiger charge is -2.23. The first kappa shape index (κ1) is 23.0. The van der Waals surface area contributed by atoms with E-state index < -0.39 is 0 Å². The van der Waals surface area contributed by atoms with Crippen LogP contribution in [0.5, 0.6) is 0 Å². The maximum absolute atomic E-state index is 9.16. The van der Waals surface area contributed by atoms with Crippen LogP contribution in [0.25, 0.3) is 0 Å². The first-order chi connectivity index (χ1) is 15.1. The van der Waals surface area contributed by atoms with Crippen LogP contribution in [0.1, 0.15) is 70.6 Å². The molecule has 2 heterocycles. The quantitative estimate of drug-likeness (QED) is 0.521. The molecule has 0 saturated carbocycles. The Morgan fingerprint density at radius 3 is 2.65 bits per heavy atom. The third kappa shape index (κ3) is 6.67. The molecule has 2 aromatic rings. The maximum atomic E-state index is 9.16. The fraction of sp³-hybridized carbons (Fsp3) is 0.560. The van der Waals surface area contributed by atoms with Crippen molar-refractivity contribution in [1.29, 1.82) is 5.26 Å². The Morgan fingerprint density at radius 1 is 1.13 bits per heavy atom. The maximum Gasteiger partial charge on any atom is 0.229 e. The van der Waals surface area contributed by atoms with E-state index in [0.29, 0.717) is 23.6 Å². The van der Waals surface area contributed by atoms with Gasteiger partial charge in [0.1, 0.15) is 5.82 Å². The van der Waals surface area contributed by atoms with E-state index in [1.54, 1.807) is 6.07 Å². The van der Waals surface area contributed by atoms with Gasteiger partial charge in [-0.1, -0.05) is 46.1 Å². The molecule has 3 rings (SSSR count). The topological polar surface area (TPSA) is 76.9 Å². The Kier molecular flexibility index (Phi) is 8.66. The summed E-state index contributed by atoms with van der Waals surface area (Å²) in [6.07, 6.45) is 8.05. The van der Waals surface area contributed by atoms with E-state index >= 15 is 0 Å². The fourth-order valence-corrected chi connectivity index (χ4v) is 4.33. The molecule has 2 N–H and O–H groups in total. The van der Waals surface area contributed by atoms with E-state index in [2.05, 4.69) is 48.4 Å². The van der Waals surface area contributed by atoms with Gasteiger partial charge in [-0.2, -0.15) is 10.2 Å². The van der Waals surface area contributed by atoms with E-state index in [1.807, 2.05) is 18.2 Å². The van der Waals surface area contributed by atoms with Crippen LogP contribution in [-0.4, -0.2) is 35.1 Å². The van der Waals surface area contributed by atoms with Gasteiger partial charge in [0, 0.05) is 42.6 Å². The van der Waals surface area contributed by atoms with Gasteiger partial charge in [-0.25, -0.2) is 4.98 Å². The van der Waals surface area contributed by atoms with Crippen LogP contribution in [0.15, 0.2) is 30.3 Å². The predicted molar refractivity (Wildman–Crippen MR) is 128 cm³/mol. The monoisotopic (exact) mass is 420 g/mol. The minimum absolute atomic E-state index is 0.511. The molecule has 0 amide bonds. The number of nitriles is 1. The van der Waals surface area contributed by atoms with Crippen LogP contribution in [0.3, 0.4) is 0 Å². The van der Waals surface area contributed by atoms with Gasteiger partial charge in [0.05, 0.1) is 11.6 Å². The highest BCUT2D eigenvalue weighted by molar-refractivity contribution is 5.58. The summed E-state index contributed by atoms with van der Waals surface area (Å²) in [5, 5.41) is 16.4. The molecular formula is C25H36N6. The third-order valence-electron chi connectivity index (χ3n) is 5.78. The second-order valence-corrected chi connectivity index (χ2v) is 8.48. The number of hydrogen-bond donors (Lipinski definition) is 2. The summed E-state index contributed by atoms with van der Waals surface area (Å²) in [7, 11) is 0. The van der Waals surface area contributed by atoms with Crippen molar-refractivity contribution in [3.05, 3.63) is 41.6 Å². The number of nitrogens with one attached hydrogen (secondary N) is 2. The highest BCUT2D eigenvalue weighted by Crippen LogP contribution is 2.24. The molecular weight excluding hydrogens is 384 g/mol. The van der Waals surface area contributed by atoms with Gasteiger partial charge in [-0.15, -0.1) is 0 Å². The third-order valence-corrected chi connectivity index (χ3v) is 5.78. The van der Waals surface area contributed by atoms with E-state index in [9.17, 15) is 0 Å². The molecule has 1 aliphatic rings. The highest BCUT2D eigenvalue weighted by Gasteiger charge is 2.26. The van der Waals surface area contributed by atoms with Gasteiger partial charge < -0.3 is 15.5 Å². The fourth-order valence-electron chi connectivity index (χ4n) is 4.33. The summed E-state index contributed by atoms with van der Waals surface area (Å²) >= 11 is 0. The summed E-state index contributed by atoms with van der Waals surface area (Å²) in [4.78, 5) is 11.9. The van der Waals surface area contributed by atoms with Crippen molar-refractivity contribution in [2.45, 2.75) is 77.8 Å². The van der Waals surface area contributed by atoms with Gasteiger partial charge in [-0.3, -0.25) is 0 Å². The molecule has 31 heavy (non-hydrogen) atoms. The first-order valence-electron chi connectivity index (χ1n) is 11.8. The lowest BCUT2D eigenvalue weighted by Crippen LogP contribution is -2.40. The smallest absolute Gasteiger partial charge is 0.229 e. The average molecular weight is 421 g/mol. The summed E-state index contributed by atoms with van der Waals surface area (Å²) in [5.41, 5.74) is 2.51. The lowest BCUT2D eigenvalue weighted by molar-refractivity contribution is 0.397. The van der Waals surface area contributed by atoms with E-state index in [-0.39, 0.29) is 0 Å². The highest BCUT2D eigenvalue weighted by atomic mass is 15.3. The number of rotatable bonds is 11. The second-order valence-electron chi connectivity index (χ2n) is 8.48. The number of hydrogen-bond acceptors (Lipinski definition) is 6. The summed E-state index contributed by atoms with van der Waals surface area (Å²) in [6, 6.07) is 12.9. The van der Waals surface area contributed by atoms with Crippen LogP contribution in [-0.2, 0) is 6.42 Å². The molecule has 1 unspecified atom stereocenters. The Hall–Kier alpha value is -2.65. The molecule has 0 aliphatic carbocycles. The average Bonchev–Trinajstić information content (AvgIpc) is 3.23. The van der Waals surface area contributed by atoms with Gasteiger partial charge in [0.15, 0.2) is 0 Å². The van der Waals surface area contributed by atoms with Crippen molar-refractivity contribution in [2.75, 3.05) is 23.3 Å². The van der Waals surface area contributed by atoms with Crippen molar-refractivity contribution in [3.63, 3.8) is 0 Å². The van der Waals surface area contributed by atoms with Crippen molar-refractivity contribution in [1.82, 2.24) is 15.3 Å². The molecule has 0 spiro atoms. The Balaban J connectivity index is 1.74. The zero-order chi connectivity index (χ0) is 22.1. The van der Waals surface area contributed by atoms with Crippen molar-refractivity contribution >= 4 is 17.5 Å². The molecule has 1 fully saturated rings. The molecule has 0 radical (unpaired) electrons. The molecule has 0 bridgehead atoms. The SMILES string of the molecule is CCCc1cc(N2CCC(NC(CCC)CCC)C2)nc(Nc2cccc(C#N)c2)n1. The number of benzene rings is 1. The first-order valence-corrected chi connectivity index (χ1v) is 11.8. The minimum Gasteiger partial charge on any atom is -0.355 e.